The first-order valence-corrected chi connectivity index (χ1v) is 7.26. The molecule has 0 aromatic carbocycles. The summed E-state index contributed by atoms with van der Waals surface area (Å²) in [7, 11) is 0. The van der Waals surface area contributed by atoms with Gasteiger partial charge in [-0.2, -0.15) is 0 Å². The smallest absolute Gasteiger partial charge is 0.133 e. The van der Waals surface area contributed by atoms with Crippen LogP contribution in [-0.4, -0.2) is 21.4 Å². The predicted octanol–water partition coefficient (Wildman–Crippen LogP) is 3.87. The van der Waals surface area contributed by atoms with Gasteiger partial charge < -0.3 is 5.32 Å². The van der Waals surface area contributed by atoms with Gasteiger partial charge in [0.25, 0.3) is 0 Å². The second-order valence-corrected chi connectivity index (χ2v) is 6.02. The Morgan fingerprint density at radius 3 is 2.67 bits per heavy atom. The molecule has 1 aliphatic carbocycles. The maximum absolute atomic E-state index is 6.37. The molecule has 1 aromatic heterocycles. The van der Waals surface area contributed by atoms with E-state index in [0.717, 1.165) is 30.2 Å². The monoisotopic (exact) mass is 267 g/mol. The van der Waals surface area contributed by atoms with Gasteiger partial charge >= 0.3 is 0 Å². The van der Waals surface area contributed by atoms with Crippen molar-refractivity contribution >= 4 is 17.4 Å². The number of rotatable bonds is 3. The Bertz CT molecular complexity index is 406. The van der Waals surface area contributed by atoms with Gasteiger partial charge in [-0.1, -0.05) is 26.7 Å². The number of aromatic nitrogens is 2. The molecule has 100 valence electrons. The lowest BCUT2D eigenvalue weighted by Gasteiger charge is -2.28. The molecule has 0 amide bonds. The SMILES string of the molecule is Cc1cc(NC2CCCCC2Cl)nc(C(C)C)n1. The molecule has 1 fully saturated rings. The van der Waals surface area contributed by atoms with Gasteiger partial charge in [0.15, 0.2) is 0 Å². The summed E-state index contributed by atoms with van der Waals surface area (Å²) in [6.45, 7) is 6.24. The standard InChI is InChI=1S/C14H22ClN3/c1-9(2)14-16-10(3)8-13(18-14)17-12-7-5-4-6-11(12)15/h8-9,11-12H,4-7H2,1-3H3,(H,16,17,18). The van der Waals surface area contributed by atoms with Crippen molar-refractivity contribution in [2.75, 3.05) is 5.32 Å². The van der Waals surface area contributed by atoms with E-state index >= 15 is 0 Å². The summed E-state index contributed by atoms with van der Waals surface area (Å²) in [5.74, 6) is 2.17. The highest BCUT2D eigenvalue weighted by atomic mass is 35.5. The first-order valence-electron chi connectivity index (χ1n) is 6.82. The number of aryl methyl sites for hydroxylation is 1. The topological polar surface area (TPSA) is 37.8 Å². The fourth-order valence-corrected chi connectivity index (χ4v) is 2.71. The molecule has 18 heavy (non-hydrogen) atoms. The molecular weight excluding hydrogens is 246 g/mol. The molecule has 1 aromatic rings. The van der Waals surface area contributed by atoms with Gasteiger partial charge in [-0.15, -0.1) is 11.6 Å². The Hall–Kier alpha value is -0.830. The second-order valence-electron chi connectivity index (χ2n) is 5.46. The quantitative estimate of drug-likeness (QED) is 0.845. The van der Waals surface area contributed by atoms with E-state index in [0.29, 0.717) is 12.0 Å². The van der Waals surface area contributed by atoms with Crippen LogP contribution in [0.3, 0.4) is 0 Å². The molecule has 0 saturated heterocycles. The maximum atomic E-state index is 6.37. The average Bonchev–Trinajstić information content (AvgIpc) is 2.31. The van der Waals surface area contributed by atoms with Crippen molar-refractivity contribution in [1.29, 1.82) is 0 Å². The van der Waals surface area contributed by atoms with Crippen molar-refractivity contribution in [3.05, 3.63) is 17.6 Å². The summed E-state index contributed by atoms with van der Waals surface area (Å²) in [5.41, 5.74) is 1.01. The summed E-state index contributed by atoms with van der Waals surface area (Å²) in [6, 6.07) is 2.35. The maximum Gasteiger partial charge on any atom is 0.133 e. The van der Waals surface area contributed by atoms with Gasteiger partial charge in [-0.3, -0.25) is 0 Å². The highest BCUT2D eigenvalue weighted by Crippen LogP contribution is 2.26. The minimum absolute atomic E-state index is 0.219. The molecule has 0 spiro atoms. The lowest BCUT2D eigenvalue weighted by Crippen LogP contribution is -2.33. The zero-order chi connectivity index (χ0) is 13.1. The fraction of sp³-hybridized carbons (Fsp3) is 0.714. The molecule has 2 unspecified atom stereocenters. The molecular formula is C14H22ClN3. The Morgan fingerprint density at radius 1 is 1.28 bits per heavy atom. The van der Waals surface area contributed by atoms with Crippen molar-refractivity contribution in [2.45, 2.75) is 63.8 Å². The number of nitrogens with zero attached hydrogens (tertiary/aromatic N) is 2. The van der Waals surface area contributed by atoms with Crippen molar-refractivity contribution in [2.24, 2.45) is 0 Å². The summed E-state index contributed by atoms with van der Waals surface area (Å²) in [5, 5.41) is 3.70. The van der Waals surface area contributed by atoms with Crippen LogP contribution in [0.25, 0.3) is 0 Å². The number of anilines is 1. The highest BCUT2D eigenvalue weighted by Gasteiger charge is 2.23. The summed E-state index contributed by atoms with van der Waals surface area (Å²) < 4.78 is 0. The Balaban J connectivity index is 2.12. The van der Waals surface area contributed by atoms with E-state index < -0.39 is 0 Å². The number of hydrogen-bond acceptors (Lipinski definition) is 3. The Kier molecular flexibility index (Phi) is 4.44. The third-order valence-electron chi connectivity index (χ3n) is 3.40. The molecule has 1 aliphatic rings. The van der Waals surface area contributed by atoms with Gasteiger partial charge in [0.05, 0.1) is 5.38 Å². The number of nitrogens with one attached hydrogen (secondary N) is 1. The van der Waals surface area contributed by atoms with Gasteiger partial charge in [0, 0.05) is 23.7 Å². The molecule has 4 heteroatoms. The van der Waals surface area contributed by atoms with Crippen molar-refractivity contribution in [1.82, 2.24) is 9.97 Å². The zero-order valence-corrected chi connectivity index (χ0v) is 12.2. The van der Waals surface area contributed by atoms with E-state index in [9.17, 15) is 0 Å². The van der Waals surface area contributed by atoms with Crippen molar-refractivity contribution in [3.8, 4) is 0 Å². The van der Waals surface area contributed by atoms with Gasteiger partial charge in [0.1, 0.15) is 11.6 Å². The minimum Gasteiger partial charge on any atom is -0.366 e. The minimum atomic E-state index is 0.219. The van der Waals surface area contributed by atoms with E-state index in [1.807, 2.05) is 13.0 Å². The second kappa shape index (κ2) is 5.87. The molecule has 0 aliphatic heterocycles. The summed E-state index contributed by atoms with van der Waals surface area (Å²) >= 11 is 6.37. The average molecular weight is 268 g/mol. The van der Waals surface area contributed by atoms with Gasteiger partial charge in [-0.25, -0.2) is 9.97 Å². The molecule has 1 saturated carbocycles. The van der Waals surface area contributed by atoms with Gasteiger partial charge in [-0.05, 0) is 19.8 Å². The van der Waals surface area contributed by atoms with E-state index in [-0.39, 0.29) is 5.38 Å². The van der Waals surface area contributed by atoms with Crippen LogP contribution in [-0.2, 0) is 0 Å². The van der Waals surface area contributed by atoms with E-state index in [1.165, 1.54) is 12.8 Å². The summed E-state index contributed by atoms with van der Waals surface area (Å²) in [4.78, 5) is 9.04. The van der Waals surface area contributed by atoms with Crippen LogP contribution in [0.1, 0.15) is 57.0 Å². The van der Waals surface area contributed by atoms with Crippen LogP contribution in [0.2, 0.25) is 0 Å². The normalized spacial score (nSPS) is 24.3. The molecule has 2 rings (SSSR count). The van der Waals surface area contributed by atoms with Crippen LogP contribution in [0.5, 0.6) is 0 Å². The first kappa shape index (κ1) is 13.6. The van der Waals surface area contributed by atoms with Gasteiger partial charge in [0.2, 0.25) is 0 Å². The van der Waals surface area contributed by atoms with E-state index in [2.05, 4.69) is 29.1 Å². The van der Waals surface area contributed by atoms with Crippen LogP contribution < -0.4 is 5.32 Å². The van der Waals surface area contributed by atoms with Crippen LogP contribution >= 0.6 is 11.6 Å². The van der Waals surface area contributed by atoms with Crippen LogP contribution in [0, 0.1) is 6.92 Å². The van der Waals surface area contributed by atoms with Crippen molar-refractivity contribution < 1.29 is 0 Å². The van der Waals surface area contributed by atoms with Crippen LogP contribution in [0.4, 0.5) is 5.82 Å². The molecule has 0 radical (unpaired) electrons. The molecule has 1 heterocycles. The third-order valence-corrected chi connectivity index (χ3v) is 3.93. The number of halogens is 1. The molecule has 1 N–H and O–H groups in total. The lowest BCUT2D eigenvalue weighted by molar-refractivity contribution is 0.468. The lowest BCUT2D eigenvalue weighted by atomic mass is 9.95. The van der Waals surface area contributed by atoms with E-state index in [4.69, 9.17) is 11.6 Å². The number of hydrogen-bond donors (Lipinski definition) is 1. The number of alkyl halides is 1. The predicted molar refractivity (Wildman–Crippen MR) is 76.4 cm³/mol. The molecule has 2 atom stereocenters. The molecule has 0 bridgehead atoms. The fourth-order valence-electron chi connectivity index (χ4n) is 2.36. The summed E-state index contributed by atoms with van der Waals surface area (Å²) in [6.07, 6.45) is 4.73. The van der Waals surface area contributed by atoms with Crippen LogP contribution in [0.15, 0.2) is 6.07 Å². The van der Waals surface area contributed by atoms with Crippen molar-refractivity contribution in [3.63, 3.8) is 0 Å². The van der Waals surface area contributed by atoms with E-state index in [1.54, 1.807) is 0 Å². The molecule has 3 nitrogen and oxygen atoms in total. The first-order chi connectivity index (χ1) is 8.56. The largest absolute Gasteiger partial charge is 0.366 e. The Morgan fingerprint density at radius 2 is 2.00 bits per heavy atom. The third kappa shape index (κ3) is 3.35. The zero-order valence-electron chi connectivity index (χ0n) is 11.4. The highest BCUT2D eigenvalue weighted by molar-refractivity contribution is 6.21. The Labute approximate surface area is 114 Å².